The molecule has 2 atom stereocenters. The summed E-state index contributed by atoms with van der Waals surface area (Å²) < 4.78 is 10.5. The van der Waals surface area contributed by atoms with Crippen LogP contribution >= 0.6 is 0 Å². The second-order valence-corrected chi connectivity index (χ2v) is 4.15. The number of nitrogens with one attached hydrogen (secondary N) is 1. The van der Waals surface area contributed by atoms with Crippen LogP contribution in [0.25, 0.3) is 0 Å². The van der Waals surface area contributed by atoms with Gasteiger partial charge < -0.3 is 9.47 Å². The third-order valence-corrected chi connectivity index (χ3v) is 3.00. The van der Waals surface area contributed by atoms with Gasteiger partial charge in [-0.15, -0.1) is 0 Å². The van der Waals surface area contributed by atoms with E-state index in [1.807, 2.05) is 24.3 Å². The molecule has 0 aliphatic heterocycles. The highest BCUT2D eigenvalue weighted by Gasteiger charge is 2.20. The average molecular weight is 238 g/mol. The number of methoxy groups -OCH3 is 2. The lowest BCUT2D eigenvalue weighted by Crippen LogP contribution is -2.33. The number of hydrogen-bond acceptors (Lipinski definition) is 4. The standard InChI is InChI=1S/C13H22N2O2/c1-10(8-9-16-2)13(15-14)11-6-4-5-7-12(11)17-3/h4-7,10,13,15H,8-9,14H2,1-3H3. The van der Waals surface area contributed by atoms with Crippen LogP contribution in [0.4, 0.5) is 0 Å². The van der Waals surface area contributed by atoms with E-state index in [0.29, 0.717) is 5.92 Å². The average Bonchev–Trinajstić information content (AvgIpc) is 2.37. The molecule has 0 bridgehead atoms. The Bertz CT molecular complexity index is 331. The van der Waals surface area contributed by atoms with Gasteiger partial charge in [0, 0.05) is 19.3 Å². The maximum absolute atomic E-state index is 5.65. The lowest BCUT2D eigenvalue weighted by Gasteiger charge is -2.25. The lowest BCUT2D eigenvalue weighted by atomic mass is 9.92. The van der Waals surface area contributed by atoms with Gasteiger partial charge in [-0.1, -0.05) is 25.1 Å². The van der Waals surface area contributed by atoms with E-state index in [-0.39, 0.29) is 6.04 Å². The molecule has 0 heterocycles. The molecule has 1 rings (SSSR count). The van der Waals surface area contributed by atoms with Gasteiger partial charge >= 0.3 is 0 Å². The zero-order valence-corrected chi connectivity index (χ0v) is 10.8. The van der Waals surface area contributed by atoms with Gasteiger partial charge in [-0.25, -0.2) is 0 Å². The summed E-state index contributed by atoms with van der Waals surface area (Å²) in [6, 6.07) is 8.00. The molecule has 3 N–H and O–H groups in total. The Morgan fingerprint density at radius 1 is 1.29 bits per heavy atom. The molecule has 0 aliphatic carbocycles. The highest BCUT2D eigenvalue weighted by Crippen LogP contribution is 2.30. The summed E-state index contributed by atoms with van der Waals surface area (Å²) in [5, 5.41) is 0. The first-order chi connectivity index (χ1) is 8.24. The van der Waals surface area contributed by atoms with Crippen molar-refractivity contribution < 1.29 is 9.47 Å². The molecule has 0 amide bonds. The molecule has 0 radical (unpaired) electrons. The molecule has 4 nitrogen and oxygen atoms in total. The molecule has 0 aromatic heterocycles. The van der Waals surface area contributed by atoms with Gasteiger partial charge in [0.25, 0.3) is 0 Å². The first-order valence-electron chi connectivity index (χ1n) is 5.82. The Morgan fingerprint density at radius 3 is 2.59 bits per heavy atom. The van der Waals surface area contributed by atoms with E-state index >= 15 is 0 Å². The highest BCUT2D eigenvalue weighted by atomic mass is 16.5. The Labute approximate surface area is 103 Å². The van der Waals surface area contributed by atoms with Gasteiger partial charge in [-0.3, -0.25) is 11.3 Å². The summed E-state index contributed by atoms with van der Waals surface area (Å²) in [7, 11) is 3.38. The summed E-state index contributed by atoms with van der Waals surface area (Å²) >= 11 is 0. The zero-order chi connectivity index (χ0) is 12.7. The number of benzene rings is 1. The Morgan fingerprint density at radius 2 is 2.00 bits per heavy atom. The minimum absolute atomic E-state index is 0.0706. The quantitative estimate of drug-likeness (QED) is 0.562. The fourth-order valence-electron chi connectivity index (χ4n) is 1.95. The van der Waals surface area contributed by atoms with Crippen LogP contribution < -0.4 is 16.0 Å². The smallest absolute Gasteiger partial charge is 0.123 e. The van der Waals surface area contributed by atoms with Crippen LogP contribution in [0.15, 0.2) is 24.3 Å². The van der Waals surface area contributed by atoms with Crippen molar-refractivity contribution in [1.29, 1.82) is 0 Å². The summed E-state index contributed by atoms with van der Waals surface area (Å²) in [5.41, 5.74) is 3.95. The van der Waals surface area contributed by atoms with Crippen molar-refractivity contribution in [3.05, 3.63) is 29.8 Å². The first-order valence-corrected chi connectivity index (χ1v) is 5.82. The SMILES string of the molecule is COCCC(C)C(NN)c1ccccc1OC. The van der Waals surface area contributed by atoms with Gasteiger partial charge in [-0.2, -0.15) is 0 Å². The van der Waals surface area contributed by atoms with E-state index < -0.39 is 0 Å². The highest BCUT2D eigenvalue weighted by molar-refractivity contribution is 5.36. The van der Waals surface area contributed by atoms with E-state index in [2.05, 4.69) is 12.3 Å². The maximum atomic E-state index is 5.65. The molecular weight excluding hydrogens is 216 g/mol. The van der Waals surface area contributed by atoms with E-state index in [4.69, 9.17) is 15.3 Å². The summed E-state index contributed by atoms with van der Waals surface area (Å²) in [6.07, 6.45) is 0.948. The predicted octanol–water partition coefficient (Wildman–Crippen LogP) is 1.87. The number of ether oxygens (including phenoxy) is 2. The van der Waals surface area contributed by atoms with Gasteiger partial charge in [0.2, 0.25) is 0 Å². The van der Waals surface area contributed by atoms with Crippen LogP contribution in [0.1, 0.15) is 24.9 Å². The second-order valence-electron chi connectivity index (χ2n) is 4.15. The number of hydrazine groups is 1. The van der Waals surface area contributed by atoms with Crippen molar-refractivity contribution in [3.8, 4) is 5.75 Å². The predicted molar refractivity (Wildman–Crippen MR) is 68.7 cm³/mol. The van der Waals surface area contributed by atoms with Crippen molar-refractivity contribution in [3.63, 3.8) is 0 Å². The molecule has 0 saturated heterocycles. The maximum Gasteiger partial charge on any atom is 0.123 e. The van der Waals surface area contributed by atoms with Gasteiger partial charge in [-0.05, 0) is 18.4 Å². The second kappa shape index (κ2) is 7.27. The third kappa shape index (κ3) is 3.70. The van der Waals surface area contributed by atoms with E-state index in [0.717, 1.165) is 24.3 Å². The van der Waals surface area contributed by atoms with Crippen molar-refractivity contribution in [2.75, 3.05) is 20.8 Å². The molecule has 0 spiro atoms. The summed E-state index contributed by atoms with van der Waals surface area (Å²) in [5.74, 6) is 6.89. The Hall–Kier alpha value is -1.10. The molecule has 17 heavy (non-hydrogen) atoms. The molecule has 0 saturated carbocycles. The molecule has 0 fully saturated rings. The molecule has 2 unspecified atom stereocenters. The number of nitrogens with two attached hydrogens (primary N) is 1. The Kier molecular flexibility index (Phi) is 5.97. The third-order valence-electron chi connectivity index (χ3n) is 3.00. The minimum atomic E-state index is 0.0706. The van der Waals surface area contributed by atoms with Gasteiger partial charge in [0.05, 0.1) is 13.2 Å². The molecule has 4 heteroatoms. The monoisotopic (exact) mass is 238 g/mol. The fourth-order valence-corrected chi connectivity index (χ4v) is 1.95. The van der Waals surface area contributed by atoms with Crippen LogP contribution in [0.3, 0.4) is 0 Å². The van der Waals surface area contributed by atoms with Crippen molar-refractivity contribution in [1.82, 2.24) is 5.43 Å². The van der Waals surface area contributed by atoms with E-state index in [1.165, 1.54) is 0 Å². The van der Waals surface area contributed by atoms with Crippen molar-refractivity contribution >= 4 is 0 Å². The van der Waals surface area contributed by atoms with Gasteiger partial charge in [0.15, 0.2) is 0 Å². The molecule has 1 aromatic rings. The largest absolute Gasteiger partial charge is 0.496 e. The van der Waals surface area contributed by atoms with Crippen LogP contribution in [-0.2, 0) is 4.74 Å². The topological polar surface area (TPSA) is 56.5 Å². The number of rotatable bonds is 7. The molecule has 96 valence electrons. The Balaban J connectivity index is 2.84. The minimum Gasteiger partial charge on any atom is -0.496 e. The summed E-state index contributed by atoms with van der Waals surface area (Å²) in [4.78, 5) is 0. The van der Waals surface area contributed by atoms with Crippen LogP contribution in [0.5, 0.6) is 5.75 Å². The van der Waals surface area contributed by atoms with E-state index in [1.54, 1.807) is 14.2 Å². The van der Waals surface area contributed by atoms with E-state index in [9.17, 15) is 0 Å². The lowest BCUT2D eigenvalue weighted by molar-refractivity contribution is 0.170. The molecule has 1 aromatic carbocycles. The number of para-hydroxylation sites is 1. The van der Waals surface area contributed by atoms with Crippen LogP contribution in [-0.4, -0.2) is 20.8 Å². The fraction of sp³-hybridized carbons (Fsp3) is 0.538. The van der Waals surface area contributed by atoms with Crippen LogP contribution in [0.2, 0.25) is 0 Å². The number of hydrogen-bond donors (Lipinski definition) is 2. The normalized spacial score (nSPS) is 14.4. The molecular formula is C13H22N2O2. The summed E-state index contributed by atoms with van der Waals surface area (Å²) in [6.45, 7) is 2.88. The van der Waals surface area contributed by atoms with Crippen molar-refractivity contribution in [2.24, 2.45) is 11.8 Å². The molecule has 0 aliphatic rings. The van der Waals surface area contributed by atoms with Gasteiger partial charge in [0.1, 0.15) is 5.75 Å². The zero-order valence-electron chi connectivity index (χ0n) is 10.8. The van der Waals surface area contributed by atoms with Crippen LogP contribution in [0, 0.1) is 5.92 Å². The first kappa shape index (κ1) is 14.0. The van der Waals surface area contributed by atoms with Crippen molar-refractivity contribution in [2.45, 2.75) is 19.4 Å².